The number of fused-ring (bicyclic) bond motifs is 1. The standard InChI is InChI=1S/C22H23N5/c1-16(17-7-3-2-4-8-17)26-22-24-14-12-21(27-22)23-13-11-18-15-25-20-10-6-5-9-19(18)20/h2-10,12,14-16,25H,11,13H2,1H3,(H2,23,24,26,27). The smallest absolute Gasteiger partial charge is 0.225 e. The van der Waals surface area contributed by atoms with Crippen LogP contribution in [0.2, 0.25) is 0 Å². The summed E-state index contributed by atoms with van der Waals surface area (Å²) in [5.41, 5.74) is 3.69. The molecule has 5 heteroatoms. The summed E-state index contributed by atoms with van der Waals surface area (Å²) in [6, 6.07) is 20.7. The lowest BCUT2D eigenvalue weighted by Crippen LogP contribution is -2.11. The Kier molecular flexibility index (Phi) is 5.01. The number of anilines is 2. The number of hydrogen-bond donors (Lipinski definition) is 3. The highest BCUT2D eigenvalue weighted by molar-refractivity contribution is 5.83. The quantitative estimate of drug-likeness (QED) is 0.445. The number of aromatic amines is 1. The molecule has 0 aliphatic heterocycles. The molecule has 2 aromatic heterocycles. The lowest BCUT2D eigenvalue weighted by atomic mass is 10.1. The fraction of sp³-hybridized carbons (Fsp3) is 0.182. The summed E-state index contributed by atoms with van der Waals surface area (Å²) in [5, 5.41) is 8.03. The maximum Gasteiger partial charge on any atom is 0.225 e. The summed E-state index contributed by atoms with van der Waals surface area (Å²) in [4.78, 5) is 12.2. The van der Waals surface area contributed by atoms with Crippen molar-refractivity contribution in [1.82, 2.24) is 15.0 Å². The molecular formula is C22H23N5. The van der Waals surface area contributed by atoms with Crippen molar-refractivity contribution >= 4 is 22.7 Å². The molecule has 0 bridgehead atoms. The molecular weight excluding hydrogens is 334 g/mol. The highest BCUT2D eigenvalue weighted by atomic mass is 15.1. The molecule has 3 N–H and O–H groups in total. The third-order valence-corrected chi connectivity index (χ3v) is 4.68. The molecule has 136 valence electrons. The monoisotopic (exact) mass is 357 g/mol. The van der Waals surface area contributed by atoms with Gasteiger partial charge in [0.25, 0.3) is 0 Å². The van der Waals surface area contributed by atoms with Gasteiger partial charge in [-0.25, -0.2) is 4.98 Å². The Morgan fingerprint density at radius 1 is 1.00 bits per heavy atom. The molecule has 0 aliphatic carbocycles. The fourth-order valence-corrected chi connectivity index (χ4v) is 3.21. The zero-order chi connectivity index (χ0) is 18.5. The van der Waals surface area contributed by atoms with Gasteiger partial charge in [-0.15, -0.1) is 0 Å². The summed E-state index contributed by atoms with van der Waals surface area (Å²) in [5.74, 6) is 1.45. The first-order valence-corrected chi connectivity index (χ1v) is 9.23. The van der Waals surface area contributed by atoms with Gasteiger partial charge in [-0.2, -0.15) is 4.98 Å². The maximum atomic E-state index is 4.58. The van der Waals surface area contributed by atoms with Crippen LogP contribution in [0.3, 0.4) is 0 Å². The molecule has 27 heavy (non-hydrogen) atoms. The Labute approximate surface area is 158 Å². The van der Waals surface area contributed by atoms with Crippen molar-refractivity contribution in [3.63, 3.8) is 0 Å². The fourth-order valence-electron chi connectivity index (χ4n) is 3.21. The van der Waals surface area contributed by atoms with Gasteiger partial charge in [0.05, 0.1) is 6.04 Å². The Balaban J connectivity index is 1.36. The molecule has 2 heterocycles. The van der Waals surface area contributed by atoms with E-state index < -0.39 is 0 Å². The third-order valence-electron chi connectivity index (χ3n) is 4.68. The lowest BCUT2D eigenvalue weighted by Gasteiger charge is -2.14. The normalized spacial score (nSPS) is 12.0. The first kappa shape index (κ1) is 17.1. The topological polar surface area (TPSA) is 65.6 Å². The second kappa shape index (κ2) is 7.91. The van der Waals surface area contributed by atoms with Gasteiger partial charge in [-0.3, -0.25) is 0 Å². The lowest BCUT2D eigenvalue weighted by molar-refractivity contribution is 0.860. The summed E-state index contributed by atoms with van der Waals surface area (Å²) < 4.78 is 0. The van der Waals surface area contributed by atoms with E-state index in [0.29, 0.717) is 5.95 Å². The minimum absolute atomic E-state index is 0.146. The molecule has 4 aromatic rings. The number of benzene rings is 2. The molecule has 1 unspecified atom stereocenters. The van der Waals surface area contributed by atoms with Crippen LogP contribution in [0.4, 0.5) is 11.8 Å². The number of nitrogens with one attached hydrogen (secondary N) is 3. The van der Waals surface area contributed by atoms with Crippen molar-refractivity contribution in [2.24, 2.45) is 0 Å². The minimum atomic E-state index is 0.146. The first-order valence-electron chi connectivity index (χ1n) is 9.23. The van der Waals surface area contributed by atoms with Crippen LogP contribution in [0.5, 0.6) is 0 Å². The van der Waals surface area contributed by atoms with Gasteiger partial charge in [0, 0.05) is 29.8 Å². The van der Waals surface area contributed by atoms with E-state index in [1.165, 1.54) is 22.0 Å². The highest BCUT2D eigenvalue weighted by Crippen LogP contribution is 2.19. The zero-order valence-electron chi connectivity index (χ0n) is 15.3. The van der Waals surface area contributed by atoms with Gasteiger partial charge in [0.1, 0.15) is 5.82 Å². The van der Waals surface area contributed by atoms with E-state index >= 15 is 0 Å². The summed E-state index contributed by atoms with van der Waals surface area (Å²) in [6.07, 6.45) is 4.79. The van der Waals surface area contributed by atoms with Gasteiger partial charge >= 0.3 is 0 Å². The number of nitrogens with zero attached hydrogens (tertiary/aromatic N) is 2. The van der Waals surface area contributed by atoms with Crippen molar-refractivity contribution in [1.29, 1.82) is 0 Å². The average molecular weight is 357 g/mol. The molecule has 1 atom stereocenters. The second-order valence-corrected chi connectivity index (χ2v) is 6.58. The third kappa shape index (κ3) is 4.08. The van der Waals surface area contributed by atoms with E-state index in [1.54, 1.807) is 6.20 Å². The second-order valence-electron chi connectivity index (χ2n) is 6.58. The zero-order valence-corrected chi connectivity index (χ0v) is 15.3. The molecule has 4 rings (SSSR count). The van der Waals surface area contributed by atoms with Gasteiger partial charge in [0.2, 0.25) is 5.95 Å². The van der Waals surface area contributed by atoms with Crippen LogP contribution in [0.25, 0.3) is 10.9 Å². The van der Waals surface area contributed by atoms with Crippen molar-refractivity contribution in [3.8, 4) is 0 Å². The summed E-state index contributed by atoms with van der Waals surface area (Å²) in [7, 11) is 0. The molecule has 0 spiro atoms. The molecule has 5 nitrogen and oxygen atoms in total. The number of rotatable bonds is 7. The van der Waals surface area contributed by atoms with Crippen molar-refractivity contribution in [2.45, 2.75) is 19.4 Å². The van der Waals surface area contributed by atoms with Crippen molar-refractivity contribution < 1.29 is 0 Å². The number of H-pyrrole nitrogens is 1. The number of para-hydroxylation sites is 1. The number of hydrogen-bond acceptors (Lipinski definition) is 4. The van der Waals surface area contributed by atoms with E-state index in [-0.39, 0.29) is 6.04 Å². The van der Waals surface area contributed by atoms with E-state index in [0.717, 1.165) is 18.8 Å². The molecule has 0 aliphatic rings. The Hall–Kier alpha value is -3.34. The van der Waals surface area contributed by atoms with Crippen molar-refractivity contribution in [3.05, 3.63) is 84.2 Å². The van der Waals surface area contributed by atoms with Gasteiger partial charge in [-0.1, -0.05) is 48.5 Å². The average Bonchev–Trinajstić information content (AvgIpc) is 3.12. The van der Waals surface area contributed by atoms with Crippen molar-refractivity contribution in [2.75, 3.05) is 17.2 Å². The molecule has 0 amide bonds. The van der Waals surface area contributed by atoms with Crippen LogP contribution in [0.1, 0.15) is 24.1 Å². The number of aromatic nitrogens is 3. The molecule has 0 fully saturated rings. The van der Waals surface area contributed by atoms with Crippen LogP contribution in [-0.2, 0) is 6.42 Å². The van der Waals surface area contributed by atoms with E-state index in [4.69, 9.17) is 0 Å². The largest absolute Gasteiger partial charge is 0.370 e. The van der Waals surface area contributed by atoms with Crippen LogP contribution in [0.15, 0.2) is 73.1 Å². The first-order chi connectivity index (χ1) is 13.3. The van der Waals surface area contributed by atoms with Gasteiger partial charge in [0.15, 0.2) is 0 Å². The Bertz CT molecular complexity index is 1010. The minimum Gasteiger partial charge on any atom is -0.370 e. The van der Waals surface area contributed by atoms with Gasteiger partial charge in [-0.05, 0) is 36.6 Å². The highest BCUT2D eigenvalue weighted by Gasteiger charge is 2.07. The van der Waals surface area contributed by atoms with Gasteiger partial charge < -0.3 is 15.6 Å². The molecule has 0 radical (unpaired) electrons. The van der Waals surface area contributed by atoms with Crippen LogP contribution >= 0.6 is 0 Å². The van der Waals surface area contributed by atoms with Crippen LogP contribution in [0, 0.1) is 0 Å². The Morgan fingerprint density at radius 2 is 1.81 bits per heavy atom. The van der Waals surface area contributed by atoms with Crippen LogP contribution in [-0.4, -0.2) is 21.5 Å². The predicted octanol–water partition coefficient (Wildman–Crippen LogP) is 4.79. The van der Waals surface area contributed by atoms with Crippen LogP contribution < -0.4 is 10.6 Å². The maximum absolute atomic E-state index is 4.58. The molecule has 2 aromatic carbocycles. The van der Waals surface area contributed by atoms with E-state index in [1.807, 2.05) is 30.3 Å². The predicted molar refractivity (Wildman–Crippen MR) is 111 cm³/mol. The SMILES string of the molecule is CC(Nc1nccc(NCCc2c[nH]c3ccccc23)n1)c1ccccc1. The molecule has 0 saturated heterocycles. The Morgan fingerprint density at radius 3 is 2.70 bits per heavy atom. The van der Waals surface area contributed by atoms with E-state index in [9.17, 15) is 0 Å². The summed E-state index contributed by atoms with van der Waals surface area (Å²) in [6.45, 7) is 2.92. The molecule has 0 saturated carbocycles. The summed E-state index contributed by atoms with van der Waals surface area (Å²) >= 11 is 0. The van der Waals surface area contributed by atoms with E-state index in [2.05, 4.69) is 69.0 Å².